The number of rotatable bonds is 10. The van der Waals surface area contributed by atoms with Gasteiger partial charge in [-0.1, -0.05) is 158 Å². The average molecular weight is 607 g/mol. The van der Waals surface area contributed by atoms with Crippen LogP contribution in [0.5, 0.6) is 0 Å². The minimum Gasteiger partial charge on any atom is -0.344 e. The maximum Gasteiger partial charge on any atom is 0.0305 e. The van der Waals surface area contributed by atoms with Crippen molar-refractivity contribution < 1.29 is 0 Å². The molecule has 0 rings (SSSR count). The minimum absolute atomic E-state index is 0. The van der Waals surface area contributed by atoms with E-state index in [1.54, 1.807) is 0 Å². The van der Waals surface area contributed by atoms with Gasteiger partial charge in [-0.2, -0.15) is 0 Å². The molecule has 5 unspecified atom stereocenters. The summed E-state index contributed by atoms with van der Waals surface area (Å²) in [7, 11) is -0.396. The molecule has 9 heteroatoms. The van der Waals surface area contributed by atoms with Crippen LogP contribution in [0.2, 0.25) is 19.1 Å². The van der Waals surface area contributed by atoms with Crippen molar-refractivity contribution in [3.63, 3.8) is 0 Å². The first kappa shape index (κ1) is 83.3. The molecule has 0 aromatic carbocycles. The smallest absolute Gasteiger partial charge is 0.0305 e. The largest absolute Gasteiger partial charge is 0.344 e. The first-order valence-electron chi connectivity index (χ1n) is 12.0. The molecule has 0 saturated heterocycles. The zero-order chi connectivity index (χ0) is 23.6. The van der Waals surface area contributed by atoms with E-state index in [1.165, 1.54) is 6.04 Å². The standard InChI is InChI=1S/C20H42.C5H13N3Si.6CH4.5H3N/c1-13(2)14(3)15(4)16(5)17(6)20(11,12)18(7)19(8,9)10;1-9(2)5-3-4-7-8-6;;;;;;;;;;;/h13-18H,1-12H3;9H,3-5H2,1-2H3;6*1H4;5*1H3. The Bertz CT molecular complexity index is 488. The third kappa shape index (κ3) is 31.8. The Hall–Kier alpha value is -0.673. The van der Waals surface area contributed by atoms with E-state index in [9.17, 15) is 0 Å². The fourth-order valence-electron chi connectivity index (χ4n) is 4.34. The molecule has 0 aliphatic rings. The molecule has 0 radical (unpaired) electrons. The molecule has 0 saturated carbocycles. The van der Waals surface area contributed by atoms with Crippen LogP contribution in [0.4, 0.5) is 0 Å². The topological polar surface area (TPSA) is 224 Å². The summed E-state index contributed by atoms with van der Waals surface area (Å²) < 4.78 is 0. The predicted molar refractivity (Wildman–Crippen MR) is 202 cm³/mol. The van der Waals surface area contributed by atoms with Crippen LogP contribution in [0.1, 0.15) is 134 Å². The molecule has 8 nitrogen and oxygen atoms in total. The molecule has 0 spiro atoms. The molecule has 0 aromatic heterocycles. The summed E-state index contributed by atoms with van der Waals surface area (Å²) in [6.45, 7) is 34.4. The molecule has 0 amide bonds. The third-order valence-corrected chi connectivity index (χ3v) is 9.75. The molecular formula is C31H94N8Si. The molecule has 40 heavy (non-hydrogen) atoms. The lowest BCUT2D eigenvalue weighted by Crippen LogP contribution is -2.41. The van der Waals surface area contributed by atoms with Gasteiger partial charge in [-0.25, -0.2) is 0 Å². The summed E-state index contributed by atoms with van der Waals surface area (Å²) >= 11 is 0. The van der Waals surface area contributed by atoms with Crippen molar-refractivity contribution >= 4 is 8.80 Å². The molecule has 0 bridgehead atoms. The van der Waals surface area contributed by atoms with Crippen LogP contribution in [0.15, 0.2) is 5.11 Å². The summed E-state index contributed by atoms with van der Waals surface area (Å²) in [6, 6.07) is 1.29. The van der Waals surface area contributed by atoms with E-state index in [0.29, 0.717) is 23.3 Å². The van der Waals surface area contributed by atoms with E-state index in [2.05, 4.69) is 106 Å². The van der Waals surface area contributed by atoms with Gasteiger partial charge >= 0.3 is 0 Å². The van der Waals surface area contributed by atoms with Crippen LogP contribution in [0.25, 0.3) is 10.4 Å². The van der Waals surface area contributed by atoms with Crippen LogP contribution in [-0.2, 0) is 0 Å². The number of hydrogen-bond acceptors (Lipinski definition) is 6. The quantitative estimate of drug-likeness (QED) is 0.0535. The second-order valence-electron chi connectivity index (χ2n) is 12.0. The molecule has 0 aromatic rings. The van der Waals surface area contributed by atoms with Crippen LogP contribution in [-0.4, -0.2) is 15.3 Å². The lowest BCUT2D eigenvalue weighted by atomic mass is 9.57. The molecule has 5 atom stereocenters. The fraction of sp³-hybridized carbons (Fsp3) is 1.00. The molecule has 0 aliphatic heterocycles. The van der Waals surface area contributed by atoms with Crippen LogP contribution >= 0.6 is 0 Å². The van der Waals surface area contributed by atoms with Gasteiger partial charge in [0.2, 0.25) is 0 Å². The summed E-state index contributed by atoms with van der Waals surface area (Å²) in [5.41, 5.74) is 8.66. The first-order valence-corrected chi connectivity index (χ1v) is 15.1. The van der Waals surface area contributed by atoms with E-state index < -0.39 is 8.80 Å². The van der Waals surface area contributed by atoms with Crippen molar-refractivity contribution in [1.29, 1.82) is 0 Å². The Kier molecular flexibility index (Phi) is 79.9. The van der Waals surface area contributed by atoms with Crippen molar-refractivity contribution in [2.24, 2.45) is 51.5 Å². The number of hydrogen-bond donors (Lipinski definition) is 5. The van der Waals surface area contributed by atoms with Gasteiger partial charge in [0.25, 0.3) is 0 Å². The Morgan fingerprint density at radius 2 is 1.00 bits per heavy atom. The van der Waals surface area contributed by atoms with E-state index in [4.69, 9.17) is 5.53 Å². The van der Waals surface area contributed by atoms with E-state index in [1.807, 2.05) is 0 Å². The van der Waals surface area contributed by atoms with Gasteiger partial charge < -0.3 is 30.8 Å². The molecule has 15 N–H and O–H groups in total. The molecule has 0 fully saturated rings. The normalized spacial score (nSPS) is 12.8. The zero-order valence-electron chi connectivity index (χ0n) is 26.0. The number of azide groups is 1. The summed E-state index contributed by atoms with van der Waals surface area (Å²) in [5.74, 6) is 4.60. The Morgan fingerprint density at radius 3 is 1.25 bits per heavy atom. The van der Waals surface area contributed by atoms with Crippen LogP contribution in [0, 0.1) is 46.3 Å². The molecular weight excluding hydrogens is 512 g/mol. The highest BCUT2D eigenvalue weighted by Gasteiger charge is 2.41. The van der Waals surface area contributed by atoms with E-state index in [-0.39, 0.29) is 75.3 Å². The number of nitrogens with zero attached hydrogens (tertiary/aromatic N) is 3. The van der Waals surface area contributed by atoms with Gasteiger partial charge in [-0.05, 0) is 51.9 Å². The Labute approximate surface area is 261 Å². The third-order valence-electron chi connectivity index (χ3n) is 8.19. The predicted octanol–water partition coefficient (Wildman–Crippen LogP) is 13.7. The molecule has 262 valence electrons. The lowest BCUT2D eigenvalue weighted by molar-refractivity contribution is 0.00576. The van der Waals surface area contributed by atoms with Crippen LogP contribution < -0.4 is 30.8 Å². The van der Waals surface area contributed by atoms with Crippen molar-refractivity contribution in [3.05, 3.63) is 10.4 Å². The maximum atomic E-state index is 7.90. The van der Waals surface area contributed by atoms with Crippen molar-refractivity contribution in [3.8, 4) is 0 Å². The summed E-state index contributed by atoms with van der Waals surface area (Å²) in [4.78, 5) is 2.67. The Balaban J connectivity index is -0.0000000297. The average Bonchev–Trinajstić information content (AvgIpc) is 2.61. The van der Waals surface area contributed by atoms with Crippen molar-refractivity contribution in [2.75, 3.05) is 6.54 Å². The second kappa shape index (κ2) is 38.3. The van der Waals surface area contributed by atoms with Gasteiger partial charge in [0.05, 0.1) is 0 Å². The SMILES string of the molecule is C.C.C.C.C.C.CC(C)C(C)C(C)C(C)C(C)C(C)(C)C(C)C(C)(C)C.C[SiH](C)CCCN=[N+]=[N-].N.N.N.N.N. The molecule has 0 aliphatic carbocycles. The van der Waals surface area contributed by atoms with Crippen molar-refractivity contribution in [1.82, 2.24) is 30.8 Å². The van der Waals surface area contributed by atoms with Gasteiger partial charge in [-0.15, -0.1) is 0 Å². The monoisotopic (exact) mass is 607 g/mol. The minimum atomic E-state index is -0.396. The highest BCUT2D eigenvalue weighted by molar-refractivity contribution is 6.55. The summed E-state index contributed by atoms with van der Waals surface area (Å²) in [6.07, 6.45) is 1.08. The lowest BCUT2D eigenvalue weighted by Gasteiger charge is -2.48. The molecule has 0 heterocycles. The van der Waals surface area contributed by atoms with Crippen molar-refractivity contribution in [2.45, 2.75) is 153 Å². The first-order chi connectivity index (χ1) is 13.0. The Morgan fingerprint density at radius 1 is 0.650 bits per heavy atom. The van der Waals surface area contributed by atoms with Gasteiger partial charge in [0.15, 0.2) is 0 Å². The zero-order valence-corrected chi connectivity index (χ0v) is 27.2. The van der Waals surface area contributed by atoms with E-state index >= 15 is 0 Å². The summed E-state index contributed by atoms with van der Waals surface area (Å²) in [5, 5.41) is 3.45. The van der Waals surface area contributed by atoms with Gasteiger partial charge in [0, 0.05) is 20.3 Å². The van der Waals surface area contributed by atoms with Gasteiger partial charge in [-0.3, -0.25) is 0 Å². The highest BCUT2D eigenvalue weighted by atomic mass is 28.3. The van der Waals surface area contributed by atoms with Gasteiger partial charge in [0.1, 0.15) is 0 Å². The van der Waals surface area contributed by atoms with Crippen LogP contribution in [0.3, 0.4) is 0 Å². The second-order valence-corrected chi connectivity index (χ2v) is 15.4. The maximum absolute atomic E-state index is 7.90. The van der Waals surface area contributed by atoms with E-state index in [0.717, 1.165) is 36.0 Å². The fourth-order valence-corrected chi connectivity index (χ4v) is 5.34. The highest BCUT2D eigenvalue weighted by Crippen LogP contribution is 2.49.